The number of rotatable bonds is 1. The second kappa shape index (κ2) is 4.02. The monoisotopic (exact) mass is 231 g/mol. The minimum atomic E-state index is 0.0874. The third kappa shape index (κ3) is 1.68. The highest BCUT2D eigenvalue weighted by molar-refractivity contribution is 5.39. The van der Waals surface area contributed by atoms with Crippen molar-refractivity contribution in [2.24, 2.45) is 0 Å². The average Bonchev–Trinajstić information content (AvgIpc) is 2.78. The Balaban J connectivity index is 2.17. The van der Waals surface area contributed by atoms with Gasteiger partial charge in [0.1, 0.15) is 0 Å². The number of H-pyrrole nitrogens is 1. The summed E-state index contributed by atoms with van der Waals surface area (Å²) in [6.07, 6.45) is 7.78. The lowest BCUT2D eigenvalue weighted by Crippen LogP contribution is -2.25. The third-order valence-corrected chi connectivity index (χ3v) is 3.78. The zero-order valence-corrected chi connectivity index (χ0v) is 10.1. The van der Waals surface area contributed by atoms with Crippen molar-refractivity contribution >= 4 is 5.65 Å². The summed E-state index contributed by atoms with van der Waals surface area (Å²) in [5, 5.41) is 2.94. The molecule has 4 heteroatoms. The lowest BCUT2D eigenvalue weighted by molar-refractivity contribution is 0.437. The molecule has 1 saturated carbocycles. The van der Waals surface area contributed by atoms with E-state index in [0.717, 1.165) is 24.1 Å². The highest BCUT2D eigenvalue weighted by Crippen LogP contribution is 2.31. The van der Waals surface area contributed by atoms with Gasteiger partial charge in [0, 0.05) is 23.5 Å². The van der Waals surface area contributed by atoms with Gasteiger partial charge in [0.15, 0.2) is 5.65 Å². The molecule has 0 atom stereocenters. The van der Waals surface area contributed by atoms with Gasteiger partial charge >= 0.3 is 0 Å². The summed E-state index contributed by atoms with van der Waals surface area (Å²) in [6, 6.07) is 1.83. The molecule has 2 heterocycles. The van der Waals surface area contributed by atoms with Crippen LogP contribution in [0.3, 0.4) is 0 Å². The molecule has 1 aliphatic rings. The van der Waals surface area contributed by atoms with Crippen LogP contribution in [-0.4, -0.2) is 14.6 Å². The molecule has 90 valence electrons. The molecule has 0 amide bonds. The first-order valence-electron chi connectivity index (χ1n) is 6.34. The van der Waals surface area contributed by atoms with Crippen molar-refractivity contribution in [2.75, 3.05) is 0 Å². The molecule has 0 aromatic carbocycles. The number of aromatic nitrogens is 3. The fourth-order valence-corrected chi connectivity index (χ4v) is 2.95. The fraction of sp³-hybridized carbons (Fsp3) is 0.538. The molecule has 2 aromatic rings. The average molecular weight is 231 g/mol. The standard InChI is InChI=1S/C13H17N3O/c1-9-12(10-5-3-2-4-6-10)13(17)16-11(15-9)7-8-14-16/h7-8,10,14H,2-6H2,1H3. The number of nitrogens with zero attached hydrogens (tertiary/aromatic N) is 2. The molecule has 17 heavy (non-hydrogen) atoms. The minimum Gasteiger partial charge on any atom is -0.297 e. The van der Waals surface area contributed by atoms with E-state index in [1.165, 1.54) is 19.3 Å². The van der Waals surface area contributed by atoms with Gasteiger partial charge in [0.2, 0.25) is 0 Å². The van der Waals surface area contributed by atoms with Crippen LogP contribution in [0.1, 0.15) is 49.3 Å². The predicted octanol–water partition coefficient (Wildman–Crippen LogP) is 2.38. The number of hydrogen-bond acceptors (Lipinski definition) is 2. The van der Waals surface area contributed by atoms with Crippen LogP contribution in [0.5, 0.6) is 0 Å². The Labute approximate surface area is 99.7 Å². The quantitative estimate of drug-likeness (QED) is 0.819. The van der Waals surface area contributed by atoms with Gasteiger partial charge < -0.3 is 0 Å². The number of aryl methyl sites for hydroxylation is 1. The second-order valence-electron chi connectivity index (χ2n) is 4.91. The highest BCUT2D eigenvalue weighted by atomic mass is 16.1. The number of aromatic amines is 1. The molecule has 0 spiro atoms. The van der Waals surface area contributed by atoms with Crippen molar-refractivity contribution in [3.63, 3.8) is 0 Å². The van der Waals surface area contributed by atoms with Gasteiger partial charge in [0.25, 0.3) is 5.56 Å². The minimum absolute atomic E-state index is 0.0874. The van der Waals surface area contributed by atoms with Crippen LogP contribution >= 0.6 is 0 Å². The van der Waals surface area contributed by atoms with Crippen molar-refractivity contribution < 1.29 is 0 Å². The summed E-state index contributed by atoms with van der Waals surface area (Å²) in [6.45, 7) is 1.96. The molecule has 0 saturated heterocycles. The van der Waals surface area contributed by atoms with Crippen LogP contribution in [0.15, 0.2) is 17.1 Å². The Hall–Kier alpha value is -1.58. The second-order valence-corrected chi connectivity index (χ2v) is 4.91. The highest BCUT2D eigenvalue weighted by Gasteiger charge is 2.22. The van der Waals surface area contributed by atoms with Gasteiger partial charge in [-0.05, 0) is 25.7 Å². The van der Waals surface area contributed by atoms with E-state index in [1.807, 2.05) is 13.0 Å². The SMILES string of the molecule is Cc1nc2cc[nH]n2c(=O)c1C1CCCCC1. The Morgan fingerprint density at radius 3 is 2.88 bits per heavy atom. The lowest BCUT2D eigenvalue weighted by Gasteiger charge is -2.22. The smallest absolute Gasteiger partial charge is 0.276 e. The first-order chi connectivity index (χ1) is 8.27. The van der Waals surface area contributed by atoms with Crippen LogP contribution in [-0.2, 0) is 0 Å². The normalized spacial score (nSPS) is 17.7. The summed E-state index contributed by atoms with van der Waals surface area (Å²) >= 11 is 0. The van der Waals surface area contributed by atoms with Crippen molar-refractivity contribution in [3.05, 3.63) is 33.9 Å². The van der Waals surface area contributed by atoms with E-state index in [1.54, 1.807) is 10.7 Å². The van der Waals surface area contributed by atoms with E-state index >= 15 is 0 Å². The van der Waals surface area contributed by atoms with E-state index in [4.69, 9.17) is 0 Å². The molecule has 0 aliphatic heterocycles. The third-order valence-electron chi connectivity index (χ3n) is 3.78. The molecular formula is C13H17N3O. The maximum Gasteiger partial charge on any atom is 0.276 e. The first-order valence-corrected chi connectivity index (χ1v) is 6.34. The van der Waals surface area contributed by atoms with Gasteiger partial charge in [-0.15, -0.1) is 0 Å². The zero-order valence-electron chi connectivity index (χ0n) is 10.1. The number of nitrogens with one attached hydrogen (secondary N) is 1. The molecule has 0 bridgehead atoms. The van der Waals surface area contributed by atoms with E-state index in [-0.39, 0.29) is 5.56 Å². The lowest BCUT2D eigenvalue weighted by atomic mass is 9.84. The molecule has 0 unspecified atom stereocenters. The van der Waals surface area contributed by atoms with Gasteiger partial charge in [-0.2, -0.15) is 0 Å². The van der Waals surface area contributed by atoms with Gasteiger partial charge in [-0.3, -0.25) is 9.89 Å². The summed E-state index contributed by atoms with van der Waals surface area (Å²) < 4.78 is 1.55. The first kappa shape index (κ1) is 10.6. The Kier molecular flexibility index (Phi) is 2.50. The van der Waals surface area contributed by atoms with Crippen molar-refractivity contribution in [2.45, 2.75) is 44.9 Å². The maximum atomic E-state index is 12.4. The molecule has 4 nitrogen and oxygen atoms in total. The van der Waals surface area contributed by atoms with E-state index in [9.17, 15) is 4.79 Å². The maximum absolute atomic E-state index is 12.4. The zero-order chi connectivity index (χ0) is 11.8. The van der Waals surface area contributed by atoms with E-state index in [2.05, 4.69) is 10.1 Å². The Morgan fingerprint density at radius 2 is 2.12 bits per heavy atom. The van der Waals surface area contributed by atoms with Crippen LogP contribution in [0, 0.1) is 6.92 Å². The topological polar surface area (TPSA) is 50.2 Å². The van der Waals surface area contributed by atoms with Crippen LogP contribution < -0.4 is 5.56 Å². The molecule has 1 N–H and O–H groups in total. The predicted molar refractivity (Wildman–Crippen MR) is 66.4 cm³/mol. The summed E-state index contributed by atoms with van der Waals surface area (Å²) in [4.78, 5) is 16.9. The van der Waals surface area contributed by atoms with Gasteiger partial charge in [-0.25, -0.2) is 9.50 Å². The van der Waals surface area contributed by atoms with Crippen LogP contribution in [0.2, 0.25) is 0 Å². The van der Waals surface area contributed by atoms with Crippen molar-refractivity contribution in [1.82, 2.24) is 14.6 Å². The number of hydrogen-bond donors (Lipinski definition) is 1. The molecule has 1 fully saturated rings. The van der Waals surface area contributed by atoms with Gasteiger partial charge in [0.05, 0.1) is 0 Å². The van der Waals surface area contributed by atoms with Crippen LogP contribution in [0.25, 0.3) is 5.65 Å². The molecular weight excluding hydrogens is 214 g/mol. The van der Waals surface area contributed by atoms with Crippen LogP contribution in [0.4, 0.5) is 0 Å². The Bertz CT molecular complexity index is 590. The van der Waals surface area contributed by atoms with Crippen molar-refractivity contribution in [3.8, 4) is 0 Å². The molecule has 2 aromatic heterocycles. The summed E-state index contributed by atoms with van der Waals surface area (Å²) in [5.41, 5.74) is 2.63. The molecule has 3 rings (SSSR count). The fourth-order valence-electron chi connectivity index (χ4n) is 2.95. The van der Waals surface area contributed by atoms with Crippen molar-refractivity contribution in [1.29, 1.82) is 0 Å². The van der Waals surface area contributed by atoms with E-state index < -0.39 is 0 Å². The largest absolute Gasteiger partial charge is 0.297 e. The summed E-state index contributed by atoms with van der Waals surface area (Å²) in [7, 11) is 0. The van der Waals surface area contributed by atoms with Gasteiger partial charge in [-0.1, -0.05) is 19.3 Å². The van der Waals surface area contributed by atoms with E-state index in [0.29, 0.717) is 11.6 Å². The Morgan fingerprint density at radius 1 is 1.35 bits per heavy atom. The molecule has 1 aliphatic carbocycles. The molecule has 0 radical (unpaired) electrons. The number of fused-ring (bicyclic) bond motifs is 1. The summed E-state index contributed by atoms with van der Waals surface area (Å²) in [5.74, 6) is 0.406.